The Labute approximate surface area is 119 Å². The Bertz CT molecular complexity index is 642. The van der Waals surface area contributed by atoms with E-state index >= 15 is 0 Å². The number of aryl methyl sites for hydroxylation is 1. The van der Waals surface area contributed by atoms with Crippen LogP contribution in [0.15, 0.2) is 24.3 Å². The molecule has 0 bridgehead atoms. The number of nitrogens with zero attached hydrogens (tertiary/aromatic N) is 2. The molecule has 0 aliphatic carbocycles. The van der Waals surface area contributed by atoms with Gasteiger partial charge < -0.3 is 5.11 Å². The van der Waals surface area contributed by atoms with Crippen molar-refractivity contribution in [2.24, 2.45) is 5.92 Å². The quantitative estimate of drug-likeness (QED) is 0.928. The third kappa shape index (κ3) is 2.74. The highest BCUT2D eigenvalue weighted by molar-refractivity contribution is 5.85. The first-order valence-electron chi connectivity index (χ1n) is 6.79. The lowest BCUT2D eigenvalue weighted by molar-refractivity contribution is 0.0690. The Morgan fingerprint density at radius 2 is 2.05 bits per heavy atom. The van der Waals surface area contributed by atoms with Crippen LogP contribution in [0.2, 0.25) is 0 Å². The van der Waals surface area contributed by atoms with Gasteiger partial charge >= 0.3 is 5.97 Å². The molecular formula is C16H20N2O2. The van der Waals surface area contributed by atoms with Gasteiger partial charge in [0, 0.05) is 5.69 Å². The summed E-state index contributed by atoms with van der Waals surface area (Å²) in [5.74, 6) is -0.545. The highest BCUT2D eigenvalue weighted by Crippen LogP contribution is 2.21. The van der Waals surface area contributed by atoms with Gasteiger partial charge in [-0.2, -0.15) is 5.10 Å². The van der Waals surface area contributed by atoms with Crippen molar-refractivity contribution in [3.05, 3.63) is 46.8 Å². The molecule has 1 aromatic heterocycles. The molecule has 0 fully saturated rings. The molecule has 0 aliphatic heterocycles. The summed E-state index contributed by atoms with van der Waals surface area (Å²) < 4.78 is 1.77. The molecule has 2 aromatic rings. The third-order valence-electron chi connectivity index (χ3n) is 3.42. The van der Waals surface area contributed by atoms with Crippen LogP contribution in [0, 0.1) is 19.8 Å². The average Bonchev–Trinajstić information content (AvgIpc) is 2.76. The van der Waals surface area contributed by atoms with Gasteiger partial charge in [0.15, 0.2) is 5.69 Å². The number of aromatic nitrogens is 2. The lowest BCUT2D eigenvalue weighted by atomic mass is 10.1. The summed E-state index contributed by atoms with van der Waals surface area (Å²) in [5.41, 5.74) is 4.28. The molecule has 4 nitrogen and oxygen atoms in total. The summed E-state index contributed by atoms with van der Waals surface area (Å²) in [6.07, 6.45) is 0.799. The summed E-state index contributed by atoms with van der Waals surface area (Å²) in [4.78, 5) is 11.2. The SMILES string of the molecule is Cc1cccc(-n2nc(C(=O)O)cc2CC(C)C)c1C. The number of rotatable bonds is 4. The minimum Gasteiger partial charge on any atom is -0.476 e. The number of carbonyl (C=O) groups is 1. The largest absolute Gasteiger partial charge is 0.476 e. The summed E-state index contributed by atoms with van der Waals surface area (Å²) in [6, 6.07) is 7.66. The Kier molecular flexibility index (Phi) is 3.93. The lowest BCUT2D eigenvalue weighted by Gasteiger charge is -2.13. The van der Waals surface area contributed by atoms with Crippen LogP contribution < -0.4 is 0 Å². The van der Waals surface area contributed by atoms with E-state index < -0.39 is 5.97 Å². The van der Waals surface area contributed by atoms with Crippen LogP contribution in [-0.4, -0.2) is 20.9 Å². The second kappa shape index (κ2) is 5.49. The van der Waals surface area contributed by atoms with Crippen LogP contribution in [0.5, 0.6) is 0 Å². The zero-order valence-electron chi connectivity index (χ0n) is 12.3. The van der Waals surface area contributed by atoms with Crippen molar-refractivity contribution in [3.8, 4) is 5.69 Å². The van der Waals surface area contributed by atoms with Gasteiger partial charge in [-0.15, -0.1) is 0 Å². The molecule has 1 heterocycles. The number of hydrogen-bond acceptors (Lipinski definition) is 2. The Hall–Kier alpha value is -2.10. The van der Waals surface area contributed by atoms with Crippen LogP contribution >= 0.6 is 0 Å². The van der Waals surface area contributed by atoms with Crippen molar-refractivity contribution in [2.75, 3.05) is 0 Å². The van der Waals surface area contributed by atoms with Gasteiger partial charge in [0.1, 0.15) is 0 Å². The van der Waals surface area contributed by atoms with E-state index in [1.54, 1.807) is 10.7 Å². The Balaban J connectivity index is 2.59. The van der Waals surface area contributed by atoms with Crippen LogP contribution in [0.25, 0.3) is 5.69 Å². The van der Waals surface area contributed by atoms with Gasteiger partial charge in [-0.3, -0.25) is 0 Å². The van der Waals surface area contributed by atoms with Gasteiger partial charge in [0.2, 0.25) is 0 Å². The van der Waals surface area contributed by atoms with Gasteiger partial charge in [0.05, 0.1) is 5.69 Å². The van der Waals surface area contributed by atoms with E-state index in [0.29, 0.717) is 5.92 Å². The second-order valence-electron chi connectivity index (χ2n) is 5.55. The molecule has 4 heteroatoms. The molecule has 0 saturated heterocycles. The summed E-state index contributed by atoms with van der Waals surface area (Å²) in [5, 5.41) is 13.4. The zero-order valence-corrected chi connectivity index (χ0v) is 12.3. The van der Waals surface area contributed by atoms with E-state index in [4.69, 9.17) is 5.11 Å². The fraction of sp³-hybridized carbons (Fsp3) is 0.375. The fourth-order valence-corrected chi connectivity index (χ4v) is 2.26. The molecule has 1 N–H and O–H groups in total. The van der Waals surface area contributed by atoms with E-state index in [1.807, 2.05) is 32.0 Å². The van der Waals surface area contributed by atoms with E-state index in [-0.39, 0.29) is 5.69 Å². The average molecular weight is 272 g/mol. The van der Waals surface area contributed by atoms with Crippen molar-refractivity contribution in [3.63, 3.8) is 0 Å². The number of carboxylic acid groups (broad SMARTS) is 1. The maximum absolute atomic E-state index is 11.2. The molecule has 106 valence electrons. The van der Waals surface area contributed by atoms with Crippen LogP contribution in [-0.2, 0) is 6.42 Å². The van der Waals surface area contributed by atoms with Gasteiger partial charge in [-0.05, 0) is 49.4 Å². The minimum atomic E-state index is -0.987. The molecule has 2 rings (SSSR count). The van der Waals surface area contributed by atoms with Crippen molar-refractivity contribution < 1.29 is 9.90 Å². The van der Waals surface area contributed by atoms with E-state index in [1.165, 1.54) is 5.56 Å². The second-order valence-corrected chi connectivity index (χ2v) is 5.55. The normalized spacial score (nSPS) is 11.1. The molecule has 0 radical (unpaired) electrons. The Morgan fingerprint density at radius 1 is 1.35 bits per heavy atom. The monoisotopic (exact) mass is 272 g/mol. The molecule has 0 saturated carbocycles. The molecule has 0 spiro atoms. The molecule has 0 amide bonds. The minimum absolute atomic E-state index is 0.0987. The van der Waals surface area contributed by atoms with Gasteiger partial charge in [-0.25, -0.2) is 9.48 Å². The van der Waals surface area contributed by atoms with Gasteiger partial charge in [-0.1, -0.05) is 26.0 Å². The van der Waals surface area contributed by atoms with Crippen LogP contribution in [0.1, 0.15) is 41.2 Å². The first-order chi connectivity index (χ1) is 9.40. The first kappa shape index (κ1) is 14.3. The molecule has 0 atom stereocenters. The fourth-order valence-electron chi connectivity index (χ4n) is 2.26. The number of carboxylic acids is 1. The van der Waals surface area contributed by atoms with E-state index in [0.717, 1.165) is 23.4 Å². The van der Waals surface area contributed by atoms with Crippen molar-refractivity contribution in [1.82, 2.24) is 9.78 Å². The summed E-state index contributed by atoms with van der Waals surface area (Å²) in [7, 11) is 0. The number of hydrogen-bond donors (Lipinski definition) is 1. The molecule has 0 unspecified atom stereocenters. The first-order valence-corrected chi connectivity index (χ1v) is 6.79. The van der Waals surface area contributed by atoms with Crippen molar-refractivity contribution in [2.45, 2.75) is 34.1 Å². The molecular weight excluding hydrogens is 252 g/mol. The van der Waals surface area contributed by atoms with E-state index in [9.17, 15) is 4.79 Å². The highest BCUT2D eigenvalue weighted by Gasteiger charge is 2.16. The van der Waals surface area contributed by atoms with Crippen LogP contribution in [0.3, 0.4) is 0 Å². The summed E-state index contributed by atoms with van der Waals surface area (Å²) >= 11 is 0. The number of benzene rings is 1. The summed E-state index contributed by atoms with van der Waals surface area (Å²) in [6.45, 7) is 8.30. The third-order valence-corrected chi connectivity index (χ3v) is 3.42. The van der Waals surface area contributed by atoms with Crippen LogP contribution in [0.4, 0.5) is 0 Å². The molecule has 1 aromatic carbocycles. The maximum Gasteiger partial charge on any atom is 0.356 e. The predicted molar refractivity (Wildman–Crippen MR) is 78.5 cm³/mol. The topological polar surface area (TPSA) is 55.1 Å². The molecule has 0 aliphatic rings. The smallest absolute Gasteiger partial charge is 0.356 e. The standard InChI is InChI=1S/C16H20N2O2/c1-10(2)8-13-9-14(16(19)20)17-18(13)15-7-5-6-11(3)12(15)4/h5-7,9-10H,8H2,1-4H3,(H,19,20). The zero-order chi connectivity index (χ0) is 14.9. The molecule has 20 heavy (non-hydrogen) atoms. The highest BCUT2D eigenvalue weighted by atomic mass is 16.4. The number of aromatic carboxylic acids is 1. The maximum atomic E-state index is 11.2. The predicted octanol–water partition coefficient (Wildman–Crippen LogP) is 3.39. The van der Waals surface area contributed by atoms with E-state index in [2.05, 4.69) is 18.9 Å². The van der Waals surface area contributed by atoms with Gasteiger partial charge in [0.25, 0.3) is 0 Å². The van der Waals surface area contributed by atoms with Crippen molar-refractivity contribution >= 4 is 5.97 Å². The lowest BCUT2D eigenvalue weighted by Crippen LogP contribution is -2.08. The Morgan fingerprint density at radius 3 is 2.65 bits per heavy atom. The van der Waals surface area contributed by atoms with Crippen molar-refractivity contribution in [1.29, 1.82) is 0 Å².